The Morgan fingerprint density at radius 3 is 2.74 bits per heavy atom. The van der Waals surface area contributed by atoms with Gasteiger partial charge in [0, 0.05) is 25.2 Å². The molecule has 1 aromatic carbocycles. The van der Waals surface area contributed by atoms with Crippen LogP contribution in [0.1, 0.15) is 45.1 Å². The molecule has 0 aliphatic carbocycles. The Morgan fingerprint density at radius 2 is 2.09 bits per heavy atom. The lowest BCUT2D eigenvalue weighted by molar-refractivity contribution is -0.126. The molecule has 2 rings (SSSR count). The highest BCUT2D eigenvalue weighted by Crippen LogP contribution is 2.33. The van der Waals surface area contributed by atoms with E-state index in [0.717, 1.165) is 17.7 Å². The number of anilines is 1. The van der Waals surface area contributed by atoms with Gasteiger partial charge in [0.25, 0.3) is 0 Å². The maximum absolute atomic E-state index is 12.4. The fourth-order valence-electron chi connectivity index (χ4n) is 2.88. The second kappa shape index (κ2) is 7.59. The predicted molar refractivity (Wildman–Crippen MR) is 90.3 cm³/mol. The van der Waals surface area contributed by atoms with Gasteiger partial charge in [0.1, 0.15) is 0 Å². The molecule has 3 unspecified atom stereocenters. The lowest BCUT2D eigenvalue weighted by Crippen LogP contribution is -2.36. The molecular weight excluding hydrogens is 292 g/mol. The number of carbonyl (C=O) groups excluding carboxylic acids is 2. The molecule has 1 saturated heterocycles. The predicted octanol–water partition coefficient (Wildman–Crippen LogP) is 2.05. The van der Waals surface area contributed by atoms with Gasteiger partial charge in [-0.3, -0.25) is 9.59 Å². The Bertz CT molecular complexity index is 571. The van der Waals surface area contributed by atoms with E-state index in [1.165, 1.54) is 0 Å². The first-order chi connectivity index (χ1) is 10.9. The van der Waals surface area contributed by atoms with Gasteiger partial charge in [0.05, 0.1) is 12.0 Å². The molecular formula is C18H26N2O3. The zero-order chi connectivity index (χ0) is 17.0. The van der Waals surface area contributed by atoms with Crippen molar-refractivity contribution in [2.45, 2.75) is 45.6 Å². The van der Waals surface area contributed by atoms with E-state index in [4.69, 9.17) is 0 Å². The van der Waals surface area contributed by atoms with Crippen molar-refractivity contribution in [3.05, 3.63) is 29.8 Å². The van der Waals surface area contributed by atoms with E-state index < -0.39 is 6.10 Å². The van der Waals surface area contributed by atoms with Gasteiger partial charge < -0.3 is 15.3 Å². The highest BCUT2D eigenvalue weighted by atomic mass is 16.3. The zero-order valence-electron chi connectivity index (χ0n) is 14.1. The minimum absolute atomic E-state index is 0.0158. The van der Waals surface area contributed by atoms with Crippen LogP contribution in [0.5, 0.6) is 0 Å². The van der Waals surface area contributed by atoms with E-state index in [2.05, 4.69) is 25.2 Å². The van der Waals surface area contributed by atoms with Crippen LogP contribution in [0.25, 0.3) is 0 Å². The monoisotopic (exact) mass is 318 g/mol. The average molecular weight is 318 g/mol. The summed E-state index contributed by atoms with van der Waals surface area (Å²) in [5.74, 6) is -0.172. The fourth-order valence-corrected chi connectivity index (χ4v) is 2.88. The molecule has 0 spiro atoms. The Kier molecular flexibility index (Phi) is 5.77. The van der Waals surface area contributed by atoms with Crippen molar-refractivity contribution in [3.8, 4) is 0 Å². The Hall–Kier alpha value is -1.88. The van der Waals surface area contributed by atoms with Crippen molar-refractivity contribution in [3.63, 3.8) is 0 Å². The molecule has 1 heterocycles. The molecule has 1 aliphatic heterocycles. The first-order valence-corrected chi connectivity index (χ1v) is 8.29. The molecule has 5 nitrogen and oxygen atoms in total. The maximum Gasteiger partial charge on any atom is 0.227 e. The molecule has 23 heavy (non-hydrogen) atoms. The summed E-state index contributed by atoms with van der Waals surface area (Å²) < 4.78 is 0. The standard InChI is InChI=1S/C18H26N2O3/c1-4-12(2)15-7-5-6-8-16(15)20-11-14(9-17(20)22)18(23)19-10-13(3)21/h5-8,12-14,21H,4,9-11H2,1-3H3,(H,19,23). The largest absolute Gasteiger partial charge is 0.392 e. The van der Waals surface area contributed by atoms with Crippen molar-refractivity contribution in [2.24, 2.45) is 5.92 Å². The number of rotatable bonds is 6. The van der Waals surface area contributed by atoms with Crippen LogP contribution in [-0.2, 0) is 9.59 Å². The van der Waals surface area contributed by atoms with Gasteiger partial charge in [-0.1, -0.05) is 32.0 Å². The number of nitrogens with zero attached hydrogens (tertiary/aromatic N) is 1. The van der Waals surface area contributed by atoms with Crippen LogP contribution >= 0.6 is 0 Å². The van der Waals surface area contributed by atoms with Crippen molar-refractivity contribution in [1.82, 2.24) is 5.32 Å². The minimum Gasteiger partial charge on any atom is -0.392 e. The van der Waals surface area contributed by atoms with E-state index in [-0.39, 0.29) is 30.7 Å². The maximum atomic E-state index is 12.4. The lowest BCUT2D eigenvalue weighted by Gasteiger charge is -2.23. The van der Waals surface area contributed by atoms with Crippen LogP contribution in [0.3, 0.4) is 0 Å². The van der Waals surface area contributed by atoms with Crippen LogP contribution in [-0.4, -0.2) is 36.1 Å². The Labute approximate surface area is 137 Å². The third-order valence-electron chi connectivity index (χ3n) is 4.44. The number of hydrogen-bond acceptors (Lipinski definition) is 3. The molecule has 0 bridgehead atoms. The Balaban J connectivity index is 2.13. The van der Waals surface area contributed by atoms with Gasteiger partial charge in [-0.2, -0.15) is 0 Å². The van der Waals surface area contributed by atoms with Gasteiger partial charge in [-0.25, -0.2) is 0 Å². The summed E-state index contributed by atoms with van der Waals surface area (Å²) in [5, 5.41) is 12.0. The average Bonchev–Trinajstić information content (AvgIpc) is 2.93. The van der Waals surface area contributed by atoms with E-state index in [9.17, 15) is 14.7 Å². The van der Waals surface area contributed by atoms with Crippen LogP contribution in [0.4, 0.5) is 5.69 Å². The molecule has 2 N–H and O–H groups in total. The number of nitrogens with one attached hydrogen (secondary N) is 1. The molecule has 1 aliphatic rings. The van der Waals surface area contributed by atoms with Crippen LogP contribution < -0.4 is 10.2 Å². The molecule has 2 amide bonds. The molecule has 0 saturated carbocycles. The molecule has 126 valence electrons. The van der Waals surface area contributed by atoms with Gasteiger partial charge >= 0.3 is 0 Å². The van der Waals surface area contributed by atoms with Crippen molar-refractivity contribution >= 4 is 17.5 Å². The summed E-state index contributed by atoms with van der Waals surface area (Å²) in [6.07, 6.45) is 0.635. The topological polar surface area (TPSA) is 69.6 Å². The minimum atomic E-state index is -0.585. The summed E-state index contributed by atoms with van der Waals surface area (Å²) >= 11 is 0. The number of aliphatic hydroxyl groups excluding tert-OH is 1. The fraction of sp³-hybridized carbons (Fsp3) is 0.556. The van der Waals surface area contributed by atoms with Gasteiger partial charge in [0.2, 0.25) is 11.8 Å². The quantitative estimate of drug-likeness (QED) is 0.843. The molecule has 5 heteroatoms. The number of carbonyl (C=O) groups is 2. The van der Waals surface area contributed by atoms with Crippen LogP contribution in [0.2, 0.25) is 0 Å². The SMILES string of the molecule is CCC(C)c1ccccc1N1CC(C(=O)NCC(C)O)CC1=O. The number of benzene rings is 1. The molecule has 0 aromatic heterocycles. The van der Waals surface area contributed by atoms with Crippen LogP contribution in [0.15, 0.2) is 24.3 Å². The summed E-state index contributed by atoms with van der Waals surface area (Å²) in [6.45, 7) is 6.51. The first-order valence-electron chi connectivity index (χ1n) is 8.29. The van der Waals surface area contributed by atoms with Gasteiger partial charge in [-0.05, 0) is 30.9 Å². The molecule has 1 aromatic rings. The Morgan fingerprint density at radius 1 is 1.39 bits per heavy atom. The molecule has 3 atom stereocenters. The summed E-state index contributed by atoms with van der Waals surface area (Å²) in [7, 11) is 0. The van der Waals surface area contributed by atoms with E-state index in [0.29, 0.717) is 12.5 Å². The summed E-state index contributed by atoms with van der Waals surface area (Å²) in [6, 6.07) is 7.92. The lowest BCUT2D eigenvalue weighted by atomic mass is 9.96. The van der Waals surface area contributed by atoms with Crippen molar-refractivity contribution in [2.75, 3.05) is 18.0 Å². The van der Waals surface area contributed by atoms with Gasteiger partial charge in [0.15, 0.2) is 0 Å². The third kappa shape index (κ3) is 4.10. The summed E-state index contributed by atoms with van der Waals surface area (Å²) in [4.78, 5) is 26.3. The van der Waals surface area contributed by atoms with E-state index in [1.807, 2.05) is 18.2 Å². The number of amides is 2. The second-order valence-corrected chi connectivity index (χ2v) is 6.37. The number of para-hydroxylation sites is 1. The van der Waals surface area contributed by atoms with Crippen molar-refractivity contribution in [1.29, 1.82) is 0 Å². The van der Waals surface area contributed by atoms with E-state index in [1.54, 1.807) is 11.8 Å². The van der Waals surface area contributed by atoms with Gasteiger partial charge in [-0.15, -0.1) is 0 Å². The summed E-state index contributed by atoms with van der Waals surface area (Å²) in [5.41, 5.74) is 2.06. The second-order valence-electron chi connectivity index (χ2n) is 6.37. The van der Waals surface area contributed by atoms with Crippen molar-refractivity contribution < 1.29 is 14.7 Å². The third-order valence-corrected chi connectivity index (χ3v) is 4.44. The highest BCUT2D eigenvalue weighted by Gasteiger charge is 2.36. The smallest absolute Gasteiger partial charge is 0.227 e. The van der Waals surface area contributed by atoms with E-state index >= 15 is 0 Å². The molecule has 0 radical (unpaired) electrons. The normalized spacial score (nSPS) is 20.4. The van der Waals surface area contributed by atoms with Crippen LogP contribution in [0, 0.1) is 5.92 Å². The zero-order valence-corrected chi connectivity index (χ0v) is 14.1. The first kappa shape index (κ1) is 17.5. The highest BCUT2D eigenvalue weighted by molar-refractivity contribution is 6.00. The molecule has 1 fully saturated rings. The number of hydrogen-bond donors (Lipinski definition) is 2. The number of aliphatic hydroxyl groups is 1.